The first kappa shape index (κ1) is 17.0. The predicted octanol–water partition coefficient (Wildman–Crippen LogP) is 3.60. The fourth-order valence-electron chi connectivity index (χ4n) is 3.25. The summed E-state index contributed by atoms with van der Waals surface area (Å²) in [5, 5.41) is 9.11. The van der Waals surface area contributed by atoms with Crippen LogP contribution >= 0.6 is 23.4 Å². The molecule has 5 rings (SSSR count). The van der Waals surface area contributed by atoms with Crippen LogP contribution in [0.15, 0.2) is 45.8 Å². The minimum atomic E-state index is -0.369. The van der Waals surface area contributed by atoms with E-state index in [9.17, 15) is 4.79 Å². The molecular formula is C19H17ClN4O2S. The van der Waals surface area contributed by atoms with Gasteiger partial charge < -0.3 is 4.52 Å². The van der Waals surface area contributed by atoms with E-state index in [0.29, 0.717) is 22.2 Å². The second-order valence-corrected chi connectivity index (χ2v) is 8.78. The fourth-order valence-corrected chi connectivity index (χ4v) is 4.50. The number of halogens is 1. The van der Waals surface area contributed by atoms with Crippen molar-refractivity contribution in [2.45, 2.75) is 42.2 Å². The van der Waals surface area contributed by atoms with Crippen LogP contribution in [0.25, 0.3) is 0 Å². The first-order valence-corrected chi connectivity index (χ1v) is 10.3. The Morgan fingerprint density at radius 1 is 1.19 bits per heavy atom. The quantitative estimate of drug-likeness (QED) is 0.588. The Labute approximate surface area is 164 Å². The van der Waals surface area contributed by atoms with E-state index < -0.39 is 0 Å². The molecule has 2 atom stereocenters. The van der Waals surface area contributed by atoms with E-state index in [0.717, 1.165) is 12.3 Å². The molecule has 3 aromatic rings. The summed E-state index contributed by atoms with van der Waals surface area (Å²) in [7, 11) is 0. The van der Waals surface area contributed by atoms with Crippen molar-refractivity contribution >= 4 is 23.4 Å². The van der Waals surface area contributed by atoms with E-state index in [2.05, 4.69) is 39.5 Å². The first-order valence-electron chi connectivity index (χ1n) is 8.96. The first-order chi connectivity index (χ1) is 13.2. The van der Waals surface area contributed by atoms with Crippen molar-refractivity contribution in [1.82, 2.24) is 19.9 Å². The molecule has 1 aliphatic carbocycles. The summed E-state index contributed by atoms with van der Waals surface area (Å²) in [6.45, 7) is 0.121. The van der Waals surface area contributed by atoms with E-state index >= 15 is 0 Å². The normalized spacial score (nSPS) is 21.4. The molecular weight excluding hydrogens is 384 g/mol. The molecule has 1 aromatic carbocycles. The molecule has 1 aliphatic heterocycles. The Hall–Kier alpha value is -2.12. The summed E-state index contributed by atoms with van der Waals surface area (Å²) in [4.78, 5) is 16.3. The van der Waals surface area contributed by atoms with Crippen molar-refractivity contribution in [2.75, 3.05) is 0 Å². The third kappa shape index (κ3) is 3.66. The molecule has 8 heteroatoms. The highest BCUT2D eigenvalue weighted by Gasteiger charge is 2.40. The zero-order valence-corrected chi connectivity index (χ0v) is 16.0. The zero-order chi connectivity index (χ0) is 18.4. The lowest BCUT2D eigenvalue weighted by atomic mass is 10.0. The summed E-state index contributed by atoms with van der Waals surface area (Å²) in [5.41, 5.74) is 2.47. The minimum absolute atomic E-state index is 0.120. The van der Waals surface area contributed by atoms with Gasteiger partial charge in [-0.3, -0.25) is 4.79 Å². The van der Waals surface area contributed by atoms with Gasteiger partial charge in [0.2, 0.25) is 5.89 Å². The standard InChI is InChI=1S/C19H17ClN4O2S/c20-14-7-8-21-24(19(14)25)10-17-22-16(23-26-17)9-15-18(27-15)13-5-3-12(4-6-13)11-1-2-11/h3-8,11,15,18H,1-2,9-10H2. The molecule has 2 fully saturated rings. The summed E-state index contributed by atoms with van der Waals surface area (Å²) >= 11 is 7.75. The maximum Gasteiger partial charge on any atom is 0.285 e. The predicted molar refractivity (Wildman–Crippen MR) is 103 cm³/mol. The lowest BCUT2D eigenvalue weighted by Gasteiger charge is -2.01. The summed E-state index contributed by atoms with van der Waals surface area (Å²) in [6, 6.07) is 10.5. The molecule has 0 N–H and O–H groups in total. The monoisotopic (exact) mass is 400 g/mol. The van der Waals surface area contributed by atoms with Gasteiger partial charge in [-0.15, -0.1) is 11.8 Å². The Morgan fingerprint density at radius 2 is 1.96 bits per heavy atom. The van der Waals surface area contributed by atoms with Gasteiger partial charge in [0, 0.05) is 23.1 Å². The number of hydrogen-bond acceptors (Lipinski definition) is 6. The number of rotatable bonds is 6. The fraction of sp³-hybridized carbons (Fsp3) is 0.368. The molecule has 0 spiro atoms. The Bertz CT molecular complexity index is 1030. The second kappa shape index (κ2) is 6.80. The molecule has 0 radical (unpaired) electrons. The number of benzene rings is 1. The van der Waals surface area contributed by atoms with Gasteiger partial charge in [-0.1, -0.05) is 41.0 Å². The van der Waals surface area contributed by atoms with E-state index in [4.69, 9.17) is 16.1 Å². The van der Waals surface area contributed by atoms with E-state index in [1.54, 1.807) is 0 Å². The lowest BCUT2D eigenvalue weighted by Crippen LogP contribution is -2.23. The Balaban J connectivity index is 1.21. The summed E-state index contributed by atoms with van der Waals surface area (Å²) < 4.78 is 6.49. The third-order valence-electron chi connectivity index (χ3n) is 4.94. The van der Waals surface area contributed by atoms with Crippen molar-refractivity contribution in [3.05, 3.63) is 74.7 Å². The molecule has 1 saturated heterocycles. The van der Waals surface area contributed by atoms with Crippen LogP contribution in [0, 0.1) is 0 Å². The average Bonchev–Trinajstić information content (AvgIpc) is 3.59. The van der Waals surface area contributed by atoms with Crippen LogP contribution in [0.4, 0.5) is 0 Å². The maximum absolute atomic E-state index is 11.9. The molecule has 27 heavy (non-hydrogen) atoms. The van der Waals surface area contributed by atoms with Crippen LogP contribution in [0.2, 0.25) is 5.02 Å². The van der Waals surface area contributed by atoms with Crippen LogP contribution < -0.4 is 5.56 Å². The topological polar surface area (TPSA) is 73.8 Å². The molecule has 2 unspecified atom stereocenters. The molecule has 138 valence electrons. The van der Waals surface area contributed by atoms with Gasteiger partial charge in [-0.25, -0.2) is 4.68 Å². The molecule has 2 aromatic heterocycles. The van der Waals surface area contributed by atoms with Crippen LogP contribution in [0.3, 0.4) is 0 Å². The molecule has 1 saturated carbocycles. The molecule has 2 aliphatic rings. The SMILES string of the molecule is O=c1c(Cl)ccnn1Cc1nc(CC2SC2c2ccc(C3CC3)cc2)no1. The van der Waals surface area contributed by atoms with Gasteiger partial charge in [-0.2, -0.15) is 10.1 Å². The van der Waals surface area contributed by atoms with Gasteiger partial charge in [0.1, 0.15) is 11.6 Å². The van der Waals surface area contributed by atoms with E-state index in [1.807, 2.05) is 11.8 Å². The highest BCUT2D eigenvalue weighted by Crippen LogP contribution is 2.56. The van der Waals surface area contributed by atoms with Gasteiger partial charge in [0.25, 0.3) is 5.56 Å². The van der Waals surface area contributed by atoms with E-state index in [-0.39, 0.29) is 17.1 Å². The number of aromatic nitrogens is 4. The Morgan fingerprint density at radius 3 is 2.74 bits per heavy atom. The number of hydrogen-bond donors (Lipinski definition) is 0. The van der Waals surface area contributed by atoms with E-state index in [1.165, 1.54) is 40.9 Å². The van der Waals surface area contributed by atoms with Gasteiger partial charge >= 0.3 is 0 Å². The maximum atomic E-state index is 11.9. The van der Waals surface area contributed by atoms with Crippen molar-refractivity contribution in [3.8, 4) is 0 Å². The van der Waals surface area contributed by atoms with Crippen LogP contribution in [-0.2, 0) is 13.0 Å². The lowest BCUT2D eigenvalue weighted by molar-refractivity contribution is 0.358. The largest absolute Gasteiger partial charge is 0.337 e. The highest BCUT2D eigenvalue weighted by molar-refractivity contribution is 8.07. The molecule has 3 heterocycles. The summed E-state index contributed by atoms with van der Waals surface area (Å²) in [5.74, 6) is 1.81. The minimum Gasteiger partial charge on any atom is -0.337 e. The Kier molecular flexibility index (Phi) is 4.28. The molecule has 0 bridgehead atoms. The number of thioether (sulfide) groups is 1. The summed E-state index contributed by atoms with van der Waals surface area (Å²) in [6.07, 6.45) is 4.89. The van der Waals surface area contributed by atoms with Crippen molar-refractivity contribution in [1.29, 1.82) is 0 Å². The van der Waals surface area contributed by atoms with Gasteiger partial charge in [0.15, 0.2) is 5.82 Å². The number of nitrogens with zero attached hydrogens (tertiary/aromatic N) is 4. The van der Waals surface area contributed by atoms with Crippen molar-refractivity contribution in [3.63, 3.8) is 0 Å². The van der Waals surface area contributed by atoms with Gasteiger partial charge in [-0.05, 0) is 36.0 Å². The zero-order valence-electron chi connectivity index (χ0n) is 14.4. The highest BCUT2D eigenvalue weighted by atomic mass is 35.5. The van der Waals surface area contributed by atoms with Crippen molar-refractivity contribution < 1.29 is 4.52 Å². The molecule has 0 amide bonds. The van der Waals surface area contributed by atoms with Crippen LogP contribution in [0.1, 0.15) is 46.9 Å². The third-order valence-corrected chi connectivity index (χ3v) is 6.60. The van der Waals surface area contributed by atoms with Crippen LogP contribution in [-0.4, -0.2) is 25.2 Å². The van der Waals surface area contributed by atoms with Gasteiger partial charge in [0.05, 0.1) is 0 Å². The second-order valence-electron chi connectivity index (χ2n) is 6.99. The van der Waals surface area contributed by atoms with Crippen molar-refractivity contribution in [2.24, 2.45) is 0 Å². The average molecular weight is 401 g/mol. The smallest absolute Gasteiger partial charge is 0.285 e. The van der Waals surface area contributed by atoms with Crippen LogP contribution in [0.5, 0.6) is 0 Å². The molecule has 6 nitrogen and oxygen atoms in total.